The van der Waals surface area contributed by atoms with Crippen LogP contribution in [0.2, 0.25) is 5.02 Å². The molecule has 84 heavy (non-hydrogen) atoms. The van der Waals surface area contributed by atoms with Gasteiger partial charge in [0, 0.05) is 95.1 Å². The summed E-state index contributed by atoms with van der Waals surface area (Å²) in [5.74, 6) is 0.583. The number of amides is 2. The zero-order valence-electron chi connectivity index (χ0n) is 48.5. The molecule has 0 saturated carbocycles. The molecular weight excluding hydrogens is 1140 g/mol. The number of unbranched alkanes of at least 4 members (excludes halogenated alkanes) is 1. The van der Waals surface area contributed by atoms with Gasteiger partial charge >= 0.3 is 0 Å². The van der Waals surface area contributed by atoms with Crippen molar-refractivity contribution in [2.75, 3.05) is 111 Å². The Morgan fingerprint density at radius 2 is 1.33 bits per heavy atom. The molecule has 0 unspecified atom stereocenters. The molecule has 20 nitrogen and oxygen atoms in total. The summed E-state index contributed by atoms with van der Waals surface area (Å²) in [6.45, 7) is 15.5. The molecule has 4 N–H and O–H groups in total. The third kappa shape index (κ3) is 16.8. The number of carbonyl (C=O) groups excluding carboxylic acids is 3. The lowest BCUT2D eigenvalue weighted by molar-refractivity contribution is -0.122. The fourth-order valence-corrected chi connectivity index (χ4v) is 12.3. The van der Waals surface area contributed by atoms with E-state index in [-0.39, 0.29) is 83.4 Å². The number of hydrogen-bond acceptors (Lipinski definition) is 14. The van der Waals surface area contributed by atoms with E-state index in [0.29, 0.717) is 93.5 Å². The molecule has 23 heteroatoms. The van der Waals surface area contributed by atoms with Crippen LogP contribution in [0.5, 0.6) is 5.75 Å². The van der Waals surface area contributed by atoms with Crippen LogP contribution < -0.4 is 34.9 Å². The SMILES string of the molecule is CCN(CC)c1ccc2c(-c3ccc(S(=O)(=O)NCCOCCOCCOCCOCCC(=O)NCCCCNC(=O)Cc4c(C)n(C(=O)c5ccc(Cl)cc5)c5ccc(OC)cc45)c(S(=O)(=O)O)c3)c3ccc(=[N+](CC)CC)cc-3oc2c1. The van der Waals surface area contributed by atoms with Crippen LogP contribution >= 0.6 is 11.6 Å². The van der Waals surface area contributed by atoms with E-state index in [0.717, 1.165) is 48.2 Å². The number of carbonyl (C=O) groups is 3. The molecule has 4 aromatic carbocycles. The number of hydrogen-bond donors (Lipinski definition) is 4. The zero-order valence-corrected chi connectivity index (χ0v) is 50.9. The fourth-order valence-electron chi connectivity index (χ4n) is 9.90. The van der Waals surface area contributed by atoms with E-state index in [4.69, 9.17) is 39.7 Å². The number of benzene rings is 5. The average Bonchev–Trinajstić information content (AvgIpc) is 1.61. The molecule has 2 aliphatic rings. The molecule has 0 atom stereocenters. The summed E-state index contributed by atoms with van der Waals surface area (Å²) in [4.78, 5) is 39.8. The van der Waals surface area contributed by atoms with Gasteiger partial charge in [-0.2, -0.15) is 8.42 Å². The van der Waals surface area contributed by atoms with Gasteiger partial charge in [-0.3, -0.25) is 23.5 Å². The van der Waals surface area contributed by atoms with Crippen LogP contribution in [-0.2, 0) is 55.1 Å². The van der Waals surface area contributed by atoms with E-state index in [1.807, 2.05) is 55.5 Å². The molecule has 452 valence electrons. The molecule has 2 heterocycles. The molecule has 1 aliphatic heterocycles. The molecule has 1 aromatic heterocycles. The highest BCUT2D eigenvalue weighted by Crippen LogP contribution is 2.42. The summed E-state index contributed by atoms with van der Waals surface area (Å²) in [5, 5.41) is 8.71. The molecule has 0 bridgehead atoms. The Bertz CT molecular complexity index is 3670. The summed E-state index contributed by atoms with van der Waals surface area (Å²) in [7, 11) is -7.93. The van der Waals surface area contributed by atoms with E-state index >= 15 is 0 Å². The van der Waals surface area contributed by atoms with Crippen LogP contribution in [0.1, 0.15) is 68.6 Å². The van der Waals surface area contributed by atoms with Crippen molar-refractivity contribution >= 4 is 77.0 Å². The van der Waals surface area contributed by atoms with Crippen molar-refractivity contribution in [3.05, 3.63) is 124 Å². The molecule has 0 spiro atoms. The predicted molar refractivity (Wildman–Crippen MR) is 324 cm³/mol. The molecule has 0 radical (unpaired) electrons. The van der Waals surface area contributed by atoms with Crippen LogP contribution in [0.25, 0.3) is 44.3 Å². The second-order valence-corrected chi connectivity index (χ2v) is 23.2. The Morgan fingerprint density at radius 1 is 0.690 bits per heavy atom. The van der Waals surface area contributed by atoms with Gasteiger partial charge in [0.2, 0.25) is 27.2 Å². The van der Waals surface area contributed by atoms with Crippen molar-refractivity contribution in [1.29, 1.82) is 0 Å². The first-order valence-electron chi connectivity index (χ1n) is 28.2. The highest BCUT2D eigenvalue weighted by molar-refractivity contribution is 7.91. The van der Waals surface area contributed by atoms with Crippen molar-refractivity contribution in [3.63, 3.8) is 0 Å². The molecule has 5 aromatic rings. The highest BCUT2D eigenvalue weighted by Gasteiger charge is 2.29. The van der Waals surface area contributed by atoms with Crippen molar-refractivity contribution in [3.8, 4) is 28.2 Å². The molecule has 7 rings (SSSR count). The number of rotatable bonds is 33. The van der Waals surface area contributed by atoms with Crippen LogP contribution in [-0.4, -0.2) is 149 Å². The quantitative estimate of drug-likeness (QED) is 0.0133. The third-order valence-electron chi connectivity index (χ3n) is 14.3. The fraction of sp³-hybridized carbons (Fsp3) is 0.410. The first-order chi connectivity index (χ1) is 40.4. The van der Waals surface area contributed by atoms with Gasteiger partial charge < -0.3 is 43.6 Å². The Kier molecular flexibility index (Phi) is 23.8. The number of aromatic nitrogens is 1. The van der Waals surface area contributed by atoms with Crippen LogP contribution in [0, 0.1) is 6.92 Å². The third-order valence-corrected chi connectivity index (χ3v) is 17.1. The van der Waals surface area contributed by atoms with E-state index in [1.165, 1.54) is 18.2 Å². The second kappa shape index (κ2) is 30.9. The maximum Gasteiger partial charge on any atom is 0.295 e. The number of anilines is 1. The summed E-state index contributed by atoms with van der Waals surface area (Å²) in [6, 6.07) is 27.6. The minimum atomic E-state index is -5.04. The zero-order chi connectivity index (χ0) is 60.4. The first-order valence-corrected chi connectivity index (χ1v) is 31.5. The second-order valence-electron chi connectivity index (χ2n) is 19.6. The largest absolute Gasteiger partial charge is 0.497 e. The standard InChI is InChI=1S/C61H75ClN6O14S2/c1-7-66(8-2)46-18-21-49-54(38-46)82-55-39-47(67(9-3)10-4)19-22-50(55)60(49)44-15-24-56(57(37-44)84(74,75)76)83(72,73)65-28-30-79-32-34-81-36-35-80-33-31-78-29-25-58(69)63-26-11-12-27-64-59(70)41-51-42(5)68(53-23-20-48(77-6)40-52(51)53)61(71)43-13-16-45(62)17-14-43/h13-24,37-40,65H,7-12,25-36,41H2,1-6H3,(H2-,63,64,69,70,74,75,76)/p+1. The summed E-state index contributed by atoms with van der Waals surface area (Å²) in [6.07, 6.45) is 1.55. The first kappa shape index (κ1) is 64.8. The van der Waals surface area contributed by atoms with Crippen LogP contribution in [0.3, 0.4) is 0 Å². The van der Waals surface area contributed by atoms with E-state index < -0.39 is 29.9 Å². The topological polar surface area (TPSA) is 246 Å². The van der Waals surface area contributed by atoms with Gasteiger partial charge in [-0.25, -0.2) is 17.7 Å². The lowest BCUT2D eigenvalue weighted by Gasteiger charge is -2.22. The van der Waals surface area contributed by atoms with E-state index in [9.17, 15) is 35.8 Å². The molecular formula is C61H76ClN6O14S2+. The number of nitrogens with one attached hydrogen (secondary N) is 3. The molecule has 0 saturated heterocycles. The maximum atomic E-state index is 13.6. The average molecular weight is 1220 g/mol. The van der Waals surface area contributed by atoms with Gasteiger partial charge in [0.1, 0.15) is 40.0 Å². The van der Waals surface area contributed by atoms with Crippen LogP contribution in [0.4, 0.5) is 5.69 Å². The van der Waals surface area contributed by atoms with Gasteiger partial charge in [0.05, 0.1) is 78.0 Å². The van der Waals surface area contributed by atoms with Gasteiger partial charge in [0.15, 0.2) is 0 Å². The van der Waals surface area contributed by atoms with Gasteiger partial charge in [-0.1, -0.05) is 17.7 Å². The summed E-state index contributed by atoms with van der Waals surface area (Å²) >= 11 is 6.05. The Morgan fingerprint density at radius 3 is 1.96 bits per heavy atom. The number of nitrogens with zero attached hydrogens (tertiary/aromatic N) is 3. The minimum Gasteiger partial charge on any atom is -0.497 e. The normalized spacial score (nSPS) is 11.9. The van der Waals surface area contributed by atoms with Crippen molar-refractivity contribution in [2.45, 2.75) is 70.1 Å². The Labute approximate surface area is 496 Å². The number of ether oxygens (including phenoxy) is 5. The van der Waals surface area contributed by atoms with E-state index in [2.05, 4.69) is 52.5 Å². The van der Waals surface area contributed by atoms with Crippen LogP contribution in [0.15, 0.2) is 111 Å². The van der Waals surface area contributed by atoms with Crippen molar-refractivity contribution in [2.24, 2.45) is 0 Å². The smallest absolute Gasteiger partial charge is 0.295 e. The van der Waals surface area contributed by atoms with Crippen molar-refractivity contribution < 1.29 is 63.9 Å². The van der Waals surface area contributed by atoms with Gasteiger partial charge in [-0.15, -0.1) is 0 Å². The van der Waals surface area contributed by atoms with Gasteiger partial charge in [-0.05, 0) is 131 Å². The maximum absolute atomic E-state index is 13.6. The Balaban J connectivity index is 0.760. The number of fused-ring (bicyclic) bond motifs is 3. The minimum absolute atomic E-state index is 0.0460. The molecule has 1 aliphatic carbocycles. The lowest BCUT2D eigenvalue weighted by Crippen LogP contribution is -2.29. The monoisotopic (exact) mass is 1220 g/mol. The highest BCUT2D eigenvalue weighted by atomic mass is 35.5. The molecule has 0 fully saturated rings. The molecule has 2 amide bonds. The van der Waals surface area contributed by atoms with Gasteiger partial charge in [0.25, 0.3) is 16.0 Å². The van der Waals surface area contributed by atoms with E-state index in [1.54, 1.807) is 42.0 Å². The number of sulfonamides is 1. The summed E-state index contributed by atoms with van der Waals surface area (Å²) in [5.41, 5.74) is 5.67. The Hall–Kier alpha value is -6.73. The lowest BCUT2D eigenvalue weighted by atomic mass is 9.93. The summed E-state index contributed by atoms with van der Waals surface area (Å²) < 4.78 is 104. The predicted octanol–water partition coefficient (Wildman–Crippen LogP) is 7.71. The van der Waals surface area contributed by atoms with Crippen molar-refractivity contribution in [1.82, 2.24) is 24.5 Å². The number of halogens is 1. The number of methoxy groups -OCH3 is 1.